The summed E-state index contributed by atoms with van der Waals surface area (Å²) in [5.41, 5.74) is -0.763. The van der Waals surface area contributed by atoms with E-state index in [0.717, 1.165) is 12.5 Å². The van der Waals surface area contributed by atoms with Crippen LogP contribution in [0.1, 0.15) is 18.4 Å². The Labute approximate surface area is 109 Å². The van der Waals surface area contributed by atoms with Gasteiger partial charge in [0.15, 0.2) is 6.29 Å². The molecule has 0 spiro atoms. The molecule has 0 bridgehead atoms. The Bertz CT molecular complexity index is 400. The molecule has 0 saturated carbocycles. The highest BCUT2D eigenvalue weighted by atomic mass is 19.4. The first-order valence-corrected chi connectivity index (χ1v) is 6.09. The van der Waals surface area contributed by atoms with Gasteiger partial charge in [-0.1, -0.05) is 12.1 Å². The quantitative estimate of drug-likeness (QED) is 0.845. The van der Waals surface area contributed by atoms with Crippen LogP contribution in [-0.4, -0.2) is 26.1 Å². The van der Waals surface area contributed by atoms with Crippen LogP contribution in [0, 0.1) is 0 Å². The van der Waals surface area contributed by atoms with E-state index in [0.29, 0.717) is 19.6 Å². The second-order valence-electron chi connectivity index (χ2n) is 4.16. The van der Waals surface area contributed by atoms with E-state index in [1.165, 1.54) is 18.2 Å². The Morgan fingerprint density at radius 3 is 2.53 bits per heavy atom. The predicted molar refractivity (Wildman–Crippen MR) is 61.9 cm³/mol. The van der Waals surface area contributed by atoms with Crippen molar-refractivity contribution in [1.82, 2.24) is 0 Å². The first-order chi connectivity index (χ1) is 9.07. The summed E-state index contributed by atoms with van der Waals surface area (Å²) in [6.07, 6.45) is -3.54. The molecule has 0 atom stereocenters. The van der Waals surface area contributed by atoms with E-state index in [9.17, 15) is 13.2 Å². The standard InChI is InChI=1S/C13H15F3O3/c14-13(15,16)10-4-1-2-5-11(10)17-9-6-12-18-7-3-8-19-12/h1-2,4-5,12H,3,6-9H2. The maximum Gasteiger partial charge on any atom is 0.419 e. The number of ether oxygens (including phenoxy) is 3. The minimum atomic E-state index is -4.41. The number of para-hydroxylation sites is 1. The molecule has 1 heterocycles. The fourth-order valence-electron chi connectivity index (χ4n) is 1.80. The summed E-state index contributed by atoms with van der Waals surface area (Å²) in [6, 6.07) is 5.16. The minimum Gasteiger partial charge on any atom is -0.493 e. The third kappa shape index (κ3) is 4.11. The van der Waals surface area contributed by atoms with Gasteiger partial charge in [-0.15, -0.1) is 0 Å². The van der Waals surface area contributed by atoms with Crippen LogP contribution in [0.4, 0.5) is 13.2 Å². The maximum absolute atomic E-state index is 12.7. The topological polar surface area (TPSA) is 27.7 Å². The van der Waals surface area contributed by atoms with Crippen LogP contribution in [0.15, 0.2) is 24.3 Å². The summed E-state index contributed by atoms with van der Waals surface area (Å²) < 4.78 is 53.9. The largest absolute Gasteiger partial charge is 0.493 e. The van der Waals surface area contributed by atoms with Crippen molar-refractivity contribution in [2.45, 2.75) is 25.3 Å². The Morgan fingerprint density at radius 2 is 1.84 bits per heavy atom. The fraction of sp³-hybridized carbons (Fsp3) is 0.538. The van der Waals surface area contributed by atoms with Gasteiger partial charge in [0, 0.05) is 6.42 Å². The maximum atomic E-state index is 12.7. The molecule has 6 heteroatoms. The zero-order valence-corrected chi connectivity index (χ0v) is 10.3. The lowest BCUT2D eigenvalue weighted by Crippen LogP contribution is -2.26. The summed E-state index contributed by atoms with van der Waals surface area (Å²) in [4.78, 5) is 0. The van der Waals surface area contributed by atoms with Gasteiger partial charge >= 0.3 is 6.18 Å². The Morgan fingerprint density at radius 1 is 1.16 bits per heavy atom. The van der Waals surface area contributed by atoms with Crippen molar-refractivity contribution >= 4 is 0 Å². The first kappa shape index (κ1) is 14.1. The number of hydrogen-bond donors (Lipinski definition) is 0. The highest BCUT2D eigenvalue weighted by Gasteiger charge is 2.34. The molecule has 0 amide bonds. The third-order valence-electron chi connectivity index (χ3n) is 2.70. The van der Waals surface area contributed by atoms with Crippen molar-refractivity contribution in [3.63, 3.8) is 0 Å². The van der Waals surface area contributed by atoms with E-state index >= 15 is 0 Å². The smallest absolute Gasteiger partial charge is 0.419 e. The number of benzene rings is 1. The summed E-state index contributed by atoms with van der Waals surface area (Å²) in [5.74, 6) is -0.161. The first-order valence-electron chi connectivity index (χ1n) is 6.09. The Hall–Kier alpha value is -1.27. The Kier molecular flexibility index (Phi) is 4.66. The van der Waals surface area contributed by atoms with Crippen molar-refractivity contribution < 1.29 is 27.4 Å². The normalized spacial score (nSPS) is 17.4. The third-order valence-corrected chi connectivity index (χ3v) is 2.70. The second-order valence-corrected chi connectivity index (χ2v) is 4.16. The van der Waals surface area contributed by atoms with Gasteiger partial charge in [0.05, 0.1) is 25.4 Å². The molecule has 1 aliphatic heterocycles. The van der Waals surface area contributed by atoms with Crippen molar-refractivity contribution in [1.29, 1.82) is 0 Å². The molecule has 0 aliphatic carbocycles. The van der Waals surface area contributed by atoms with E-state index < -0.39 is 11.7 Å². The molecule has 1 saturated heterocycles. The van der Waals surface area contributed by atoms with Crippen molar-refractivity contribution in [2.24, 2.45) is 0 Å². The SMILES string of the molecule is FC(F)(F)c1ccccc1OCCC1OCCCO1. The van der Waals surface area contributed by atoms with Gasteiger partial charge in [-0.05, 0) is 18.6 Å². The van der Waals surface area contributed by atoms with E-state index in [1.807, 2.05) is 0 Å². The van der Waals surface area contributed by atoms with Gasteiger partial charge in [-0.2, -0.15) is 13.2 Å². The number of hydrogen-bond acceptors (Lipinski definition) is 3. The minimum absolute atomic E-state index is 0.123. The van der Waals surface area contributed by atoms with Crippen LogP contribution < -0.4 is 4.74 Å². The molecule has 3 nitrogen and oxygen atoms in total. The van der Waals surface area contributed by atoms with Crippen molar-refractivity contribution in [2.75, 3.05) is 19.8 Å². The van der Waals surface area contributed by atoms with Gasteiger partial charge in [0.2, 0.25) is 0 Å². The lowest BCUT2D eigenvalue weighted by atomic mass is 10.2. The molecule has 0 aromatic heterocycles. The summed E-state index contributed by atoms with van der Waals surface area (Å²) in [6.45, 7) is 1.35. The molecule has 2 rings (SSSR count). The predicted octanol–water partition coefficient (Wildman–Crippen LogP) is 3.24. The van der Waals surface area contributed by atoms with E-state index in [2.05, 4.69) is 0 Å². The Balaban J connectivity index is 1.88. The van der Waals surface area contributed by atoms with Crippen LogP contribution >= 0.6 is 0 Å². The van der Waals surface area contributed by atoms with Gasteiger partial charge < -0.3 is 14.2 Å². The average Bonchev–Trinajstić information content (AvgIpc) is 2.39. The molecule has 0 N–H and O–H groups in total. The number of halogens is 3. The highest BCUT2D eigenvalue weighted by Crippen LogP contribution is 2.35. The molecule has 1 aromatic carbocycles. The molecular weight excluding hydrogens is 261 g/mol. The molecule has 19 heavy (non-hydrogen) atoms. The van der Waals surface area contributed by atoms with Crippen molar-refractivity contribution in [3.05, 3.63) is 29.8 Å². The highest BCUT2D eigenvalue weighted by molar-refractivity contribution is 5.35. The second kappa shape index (κ2) is 6.25. The summed E-state index contributed by atoms with van der Waals surface area (Å²) >= 11 is 0. The molecule has 1 aromatic rings. The lowest BCUT2D eigenvalue weighted by Gasteiger charge is -2.23. The van der Waals surface area contributed by atoms with Gasteiger partial charge in [0.25, 0.3) is 0 Å². The molecule has 0 radical (unpaired) electrons. The zero-order chi connectivity index (χ0) is 13.7. The molecule has 106 valence electrons. The van der Waals surface area contributed by atoms with Gasteiger partial charge in [-0.25, -0.2) is 0 Å². The molecule has 1 fully saturated rings. The van der Waals surface area contributed by atoms with E-state index in [4.69, 9.17) is 14.2 Å². The van der Waals surface area contributed by atoms with Gasteiger partial charge in [-0.3, -0.25) is 0 Å². The molecule has 1 aliphatic rings. The molecule has 0 unspecified atom stereocenters. The number of alkyl halides is 3. The van der Waals surface area contributed by atoms with Crippen LogP contribution in [-0.2, 0) is 15.7 Å². The van der Waals surface area contributed by atoms with Gasteiger partial charge in [0.1, 0.15) is 5.75 Å². The monoisotopic (exact) mass is 276 g/mol. The fourth-order valence-corrected chi connectivity index (χ4v) is 1.80. The van der Waals surface area contributed by atoms with Crippen LogP contribution in [0.2, 0.25) is 0 Å². The van der Waals surface area contributed by atoms with Crippen LogP contribution in [0.5, 0.6) is 5.75 Å². The summed E-state index contributed by atoms with van der Waals surface area (Å²) in [5, 5.41) is 0. The van der Waals surface area contributed by atoms with E-state index in [-0.39, 0.29) is 18.6 Å². The lowest BCUT2D eigenvalue weighted by molar-refractivity contribution is -0.183. The van der Waals surface area contributed by atoms with E-state index in [1.54, 1.807) is 0 Å². The zero-order valence-electron chi connectivity index (χ0n) is 10.3. The van der Waals surface area contributed by atoms with Crippen LogP contribution in [0.3, 0.4) is 0 Å². The molecular formula is C13H15F3O3. The summed E-state index contributed by atoms with van der Waals surface area (Å²) in [7, 11) is 0. The number of rotatable bonds is 4. The van der Waals surface area contributed by atoms with Crippen LogP contribution in [0.25, 0.3) is 0 Å². The van der Waals surface area contributed by atoms with Crippen molar-refractivity contribution in [3.8, 4) is 5.75 Å². The average molecular weight is 276 g/mol.